The van der Waals surface area contributed by atoms with Crippen LogP contribution < -0.4 is 16.0 Å². The number of amides is 1. The number of nitro benzene ring substituents is 1. The van der Waals surface area contributed by atoms with Crippen LogP contribution in [0.5, 0.6) is 0 Å². The highest BCUT2D eigenvalue weighted by molar-refractivity contribution is 7.99. The molecule has 1 aliphatic heterocycles. The second-order valence-electron chi connectivity index (χ2n) is 5.12. The van der Waals surface area contributed by atoms with Crippen LogP contribution in [-0.4, -0.2) is 41.6 Å². The zero-order valence-corrected chi connectivity index (χ0v) is 14.5. The monoisotopic (exact) mass is 360 g/mol. The van der Waals surface area contributed by atoms with Gasteiger partial charge in [-0.1, -0.05) is 6.07 Å². The first kappa shape index (κ1) is 19.5. The fourth-order valence-electron chi connectivity index (χ4n) is 2.15. The van der Waals surface area contributed by atoms with E-state index in [0.717, 1.165) is 17.2 Å². The van der Waals surface area contributed by atoms with E-state index in [2.05, 4.69) is 16.0 Å². The van der Waals surface area contributed by atoms with Crippen LogP contribution in [0.1, 0.15) is 12.0 Å². The Hall–Kier alpha value is -1.51. The Labute approximate surface area is 145 Å². The molecule has 1 aliphatic rings. The quantitative estimate of drug-likeness (QED) is 0.390. The van der Waals surface area contributed by atoms with E-state index < -0.39 is 0 Å². The number of carbonyl (C=O) groups excluding carboxylic acids is 1. The second-order valence-corrected chi connectivity index (χ2v) is 6.15. The Morgan fingerprint density at radius 3 is 2.91 bits per heavy atom. The molecule has 0 spiro atoms. The lowest BCUT2D eigenvalue weighted by atomic mass is 10.2. The molecule has 3 N–H and O–H groups in total. The van der Waals surface area contributed by atoms with Crippen molar-refractivity contribution in [3.8, 4) is 0 Å². The number of nitrogens with zero attached hydrogens (tertiary/aromatic N) is 1. The van der Waals surface area contributed by atoms with Crippen LogP contribution in [0.2, 0.25) is 0 Å². The van der Waals surface area contributed by atoms with Gasteiger partial charge in [0.2, 0.25) is 5.91 Å². The number of rotatable bonds is 7. The van der Waals surface area contributed by atoms with Crippen molar-refractivity contribution in [2.75, 3.05) is 30.0 Å². The maximum atomic E-state index is 11.8. The zero-order valence-electron chi connectivity index (χ0n) is 12.8. The van der Waals surface area contributed by atoms with Gasteiger partial charge in [-0.3, -0.25) is 20.2 Å². The van der Waals surface area contributed by atoms with E-state index in [4.69, 9.17) is 0 Å². The molecule has 1 aromatic carbocycles. The SMILES string of the molecule is Cc1ccc(NCCCNC(=O)C2CSCN2)c([N+](=O)[O-])c1.Cl. The molecule has 1 atom stereocenters. The fraction of sp³-hybridized carbons (Fsp3) is 0.500. The second kappa shape index (κ2) is 9.59. The van der Waals surface area contributed by atoms with Crippen LogP contribution in [0.15, 0.2) is 18.2 Å². The predicted molar refractivity (Wildman–Crippen MR) is 95.4 cm³/mol. The standard InChI is InChI=1S/C14H20N4O3S.ClH/c1-10-3-4-11(13(7-10)18(20)21)15-5-2-6-16-14(19)12-8-22-9-17-12;/h3-4,7,12,15,17H,2,5-6,8-9H2,1H3,(H,16,19);1H. The topological polar surface area (TPSA) is 96.3 Å². The number of nitrogens with one attached hydrogen (secondary N) is 3. The summed E-state index contributed by atoms with van der Waals surface area (Å²) in [4.78, 5) is 22.4. The number of halogens is 1. The third-order valence-corrected chi connectivity index (χ3v) is 4.29. The number of benzene rings is 1. The number of aryl methyl sites for hydroxylation is 1. The van der Waals surface area contributed by atoms with Gasteiger partial charge in [-0.25, -0.2) is 0 Å². The minimum Gasteiger partial charge on any atom is -0.379 e. The summed E-state index contributed by atoms with van der Waals surface area (Å²) in [5.74, 6) is 1.64. The van der Waals surface area contributed by atoms with Crippen LogP contribution in [0, 0.1) is 17.0 Å². The average molecular weight is 361 g/mol. The van der Waals surface area contributed by atoms with E-state index in [0.29, 0.717) is 25.2 Å². The molecule has 1 amide bonds. The van der Waals surface area contributed by atoms with Crippen molar-refractivity contribution in [2.24, 2.45) is 0 Å². The lowest BCUT2D eigenvalue weighted by Gasteiger charge is -2.11. The van der Waals surface area contributed by atoms with Crippen LogP contribution >= 0.6 is 24.2 Å². The Balaban J connectivity index is 0.00000264. The van der Waals surface area contributed by atoms with Crippen LogP contribution in [0.25, 0.3) is 0 Å². The zero-order chi connectivity index (χ0) is 15.9. The number of anilines is 1. The number of hydrogen-bond donors (Lipinski definition) is 3. The van der Waals surface area contributed by atoms with E-state index >= 15 is 0 Å². The molecule has 0 bridgehead atoms. The van der Waals surface area contributed by atoms with Crippen molar-refractivity contribution < 1.29 is 9.72 Å². The minimum absolute atomic E-state index is 0. The lowest BCUT2D eigenvalue weighted by Crippen LogP contribution is -2.42. The lowest BCUT2D eigenvalue weighted by molar-refractivity contribution is -0.384. The molecule has 1 unspecified atom stereocenters. The van der Waals surface area contributed by atoms with E-state index in [1.54, 1.807) is 23.9 Å². The first-order chi connectivity index (χ1) is 10.6. The van der Waals surface area contributed by atoms with Gasteiger partial charge in [0.25, 0.3) is 5.69 Å². The molecule has 23 heavy (non-hydrogen) atoms. The Kier molecular flexibility index (Phi) is 8.15. The van der Waals surface area contributed by atoms with Gasteiger partial charge in [-0.15, -0.1) is 24.2 Å². The van der Waals surface area contributed by atoms with Crippen molar-refractivity contribution in [1.82, 2.24) is 10.6 Å². The summed E-state index contributed by atoms with van der Waals surface area (Å²) in [5, 5.41) is 20.0. The normalized spacial score (nSPS) is 16.5. The molecule has 1 saturated heterocycles. The van der Waals surface area contributed by atoms with Crippen molar-refractivity contribution >= 4 is 41.5 Å². The van der Waals surface area contributed by atoms with Gasteiger partial charge in [-0.2, -0.15) is 0 Å². The predicted octanol–water partition coefficient (Wildman–Crippen LogP) is 1.91. The minimum atomic E-state index is -0.388. The maximum Gasteiger partial charge on any atom is 0.292 e. The Morgan fingerprint density at radius 2 is 2.26 bits per heavy atom. The molecule has 1 aromatic rings. The molecule has 2 rings (SSSR count). The van der Waals surface area contributed by atoms with Crippen molar-refractivity contribution in [2.45, 2.75) is 19.4 Å². The van der Waals surface area contributed by atoms with Gasteiger partial charge in [0.15, 0.2) is 0 Å². The van der Waals surface area contributed by atoms with Gasteiger partial charge >= 0.3 is 0 Å². The van der Waals surface area contributed by atoms with E-state index in [9.17, 15) is 14.9 Å². The molecule has 0 aromatic heterocycles. The summed E-state index contributed by atoms with van der Waals surface area (Å²) in [6.07, 6.45) is 0.705. The molecule has 7 nitrogen and oxygen atoms in total. The smallest absolute Gasteiger partial charge is 0.292 e. The highest BCUT2D eigenvalue weighted by Crippen LogP contribution is 2.25. The number of hydrogen-bond acceptors (Lipinski definition) is 6. The highest BCUT2D eigenvalue weighted by atomic mass is 35.5. The summed E-state index contributed by atoms with van der Waals surface area (Å²) >= 11 is 1.71. The number of nitro groups is 1. The first-order valence-electron chi connectivity index (χ1n) is 7.15. The van der Waals surface area contributed by atoms with Crippen molar-refractivity contribution in [3.63, 3.8) is 0 Å². The number of carbonyl (C=O) groups is 1. The van der Waals surface area contributed by atoms with Gasteiger partial charge in [-0.05, 0) is 25.0 Å². The third-order valence-electron chi connectivity index (χ3n) is 3.35. The third kappa shape index (κ3) is 5.89. The molecule has 0 saturated carbocycles. The summed E-state index contributed by atoms with van der Waals surface area (Å²) in [5.41, 5.74) is 1.44. The van der Waals surface area contributed by atoms with Crippen molar-refractivity contribution in [1.29, 1.82) is 0 Å². The van der Waals surface area contributed by atoms with Crippen LogP contribution in [0.3, 0.4) is 0 Å². The summed E-state index contributed by atoms with van der Waals surface area (Å²) in [6.45, 7) is 2.94. The Bertz CT molecular complexity index is 553. The Morgan fingerprint density at radius 1 is 1.48 bits per heavy atom. The van der Waals surface area contributed by atoms with Gasteiger partial charge in [0, 0.05) is 30.8 Å². The fourth-order valence-corrected chi connectivity index (χ4v) is 3.09. The van der Waals surface area contributed by atoms with Crippen molar-refractivity contribution in [3.05, 3.63) is 33.9 Å². The average Bonchev–Trinajstić information content (AvgIpc) is 3.02. The summed E-state index contributed by atoms with van der Waals surface area (Å²) < 4.78 is 0. The molecule has 0 radical (unpaired) electrons. The molecular formula is C14H21ClN4O3S. The van der Waals surface area contributed by atoms with Gasteiger partial charge < -0.3 is 10.6 Å². The molecular weight excluding hydrogens is 340 g/mol. The summed E-state index contributed by atoms with van der Waals surface area (Å²) in [6, 6.07) is 5.00. The maximum absolute atomic E-state index is 11.8. The molecule has 9 heteroatoms. The molecule has 1 heterocycles. The van der Waals surface area contributed by atoms with E-state index in [1.165, 1.54) is 0 Å². The molecule has 128 valence electrons. The van der Waals surface area contributed by atoms with Crippen LogP contribution in [-0.2, 0) is 4.79 Å². The summed E-state index contributed by atoms with van der Waals surface area (Å²) in [7, 11) is 0. The van der Waals surface area contributed by atoms with E-state index in [1.807, 2.05) is 13.0 Å². The molecule has 0 aliphatic carbocycles. The van der Waals surface area contributed by atoms with Crippen LogP contribution in [0.4, 0.5) is 11.4 Å². The van der Waals surface area contributed by atoms with Gasteiger partial charge in [0.1, 0.15) is 5.69 Å². The molecule has 1 fully saturated rings. The number of thioether (sulfide) groups is 1. The van der Waals surface area contributed by atoms with E-state index in [-0.39, 0.29) is 35.0 Å². The highest BCUT2D eigenvalue weighted by Gasteiger charge is 2.21. The van der Waals surface area contributed by atoms with Gasteiger partial charge in [0.05, 0.1) is 11.0 Å². The largest absolute Gasteiger partial charge is 0.379 e. The first-order valence-corrected chi connectivity index (χ1v) is 8.31.